The Labute approximate surface area is 222 Å². The van der Waals surface area contributed by atoms with Crippen LogP contribution in [0.4, 0.5) is 5.69 Å². The van der Waals surface area contributed by atoms with Crippen LogP contribution in [0.15, 0.2) is 48.5 Å². The van der Waals surface area contributed by atoms with Gasteiger partial charge in [-0.2, -0.15) is 0 Å². The van der Waals surface area contributed by atoms with Gasteiger partial charge in [0.25, 0.3) is 0 Å². The van der Waals surface area contributed by atoms with Crippen molar-refractivity contribution in [2.75, 3.05) is 17.1 Å². The molecule has 2 aromatic rings. The average Bonchev–Trinajstić information content (AvgIpc) is 3.38. The molecule has 202 valence electrons. The van der Waals surface area contributed by atoms with Crippen LogP contribution in [0, 0.1) is 6.92 Å². The Morgan fingerprint density at radius 2 is 1.59 bits per heavy atom. The average molecular weight is 528 g/mol. The van der Waals surface area contributed by atoms with Crippen molar-refractivity contribution < 1.29 is 18.0 Å². The van der Waals surface area contributed by atoms with Crippen LogP contribution < -0.4 is 9.62 Å². The minimum atomic E-state index is -3.51. The molecule has 1 N–H and O–H groups in total. The van der Waals surface area contributed by atoms with Crippen LogP contribution in [0.1, 0.15) is 69.1 Å². The van der Waals surface area contributed by atoms with Gasteiger partial charge in [0.2, 0.25) is 21.8 Å². The zero-order chi connectivity index (χ0) is 27.0. The molecule has 1 atom stereocenters. The molecule has 7 nitrogen and oxygen atoms in total. The normalized spacial score (nSPS) is 14.8. The van der Waals surface area contributed by atoms with E-state index in [4.69, 9.17) is 0 Å². The number of nitrogens with zero attached hydrogens (tertiary/aromatic N) is 2. The smallest absolute Gasteiger partial charge is 0.242 e. The van der Waals surface area contributed by atoms with E-state index in [1.54, 1.807) is 24.0 Å². The van der Waals surface area contributed by atoms with Crippen molar-refractivity contribution in [3.05, 3.63) is 65.2 Å². The number of nitrogens with one attached hydrogen (secondary N) is 1. The molecule has 1 aliphatic rings. The van der Waals surface area contributed by atoms with E-state index in [9.17, 15) is 18.0 Å². The third-order valence-electron chi connectivity index (χ3n) is 7.13. The van der Waals surface area contributed by atoms with Gasteiger partial charge >= 0.3 is 0 Å². The van der Waals surface area contributed by atoms with Crippen molar-refractivity contribution in [1.82, 2.24) is 10.2 Å². The maximum absolute atomic E-state index is 13.4. The van der Waals surface area contributed by atoms with Gasteiger partial charge in [0.15, 0.2) is 0 Å². The van der Waals surface area contributed by atoms with Gasteiger partial charge < -0.3 is 10.2 Å². The number of hydrogen-bond acceptors (Lipinski definition) is 4. The summed E-state index contributed by atoms with van der Waals surface area (Å²) in [6.07, 6.45) is 6.73. The predicted octanol–water partition coefficient (Wildman–Crippen LogP) is 4.58. The monoisotopic (exact) mass is 527 g/mol. The molecular weight excluding hydrogens is 486 g/mol. The SMILES string of the molecule is CCc1ccc(N(CCCC(=O)N(Cc2ccc(C)cc2)[C@H](C)C(=O)NC2CCCC2)S(C)(=O)=O)cc1. The van der Waals surface area contributed by atoms with Crippen molar-refractivity contribution in [2.45, 2.75) is 84.3 Å². The van der Waals surface area contributed by atoms with Crippen molar-refractivity contribution >= 4 is 27.5 Å². The van der Waals surface area contributed by atoms with Crippen molar-refractivity contribution in [2.24, 2.45) is 0 Å². The van der Waals surface area contributed by atoms with E-state index in [-0.39, 0.29) is 30.8 Å². The van der Waals surface area contributed by atoms with Gasteiger partial charge in [-0.3, -0.25) is 13.9 Å². The summed E-state index contributed by atoms with van der Waals surface area (Å²) in [4.78, 5) is 28.1. The Morgan fingerprint density at radius 1 is 1.00 bits per heavy atom. The second-order valence-corrected chi connectivity index (χ2v) is 12.0. The summed E-state index contributed by atoms with van der Waals surface area (Å²) in [6, 6.07) is 15.0. The molecule has 37 heavy (non-hydrogen) atoms. The standard InChI is InChI=1S/C29H41N3O4S/c1-5-24-16-18-27(19-17-24)32(37(4,35)36)20-8-11-28(33)31(21-25-14-12-22(2)13-15-25)23(3)29(34)30-26-9-6-7-10-26/h12-19,23,26H,5-11,20-21H2,1-4H3,(H,30,34)/t23-/m1/s1. The predicted molar refractivity (Wildman–Crippen MR) is 149 cm³/mol. The highest BCUT2D eigenvalue weighted by atomic mass is 32.2. The fourth-order valence-electron chi connectivity index (χ4n) is 4.77. The van der Waals surface area contributed by atoms with Crippen LogP contribution in [0.2, 0.25) is 0 Å². The molecule has 0 radical (unpaired) electrons. The second kappa shape index (κ2) is 13.1. The molecular formula is C29H41N3O4S. The quantitative estimate of drug-likeness (QED) is 0.438. The van der Waals surface area contributed by atoms with E-state index >= 15 is 0 Å². The van der Waals surface area contributed by atoms with Crippen molar-refractivity contribution in [3.63, 3.8) is 0 Å². The summed E-state index contributed by atoms with van der Waals surface area (Å²) in [5.74, 6) is -0.300. The number of amides is 2. The molecule has 8 heteroatoms. The number of aryl methyl sites for hydroxylation is 2. The van der Waals surface area contributed by atoms with Crippen molar-refractivity contribution in [1.29, 1.82) is 0 Å². The van der Waals surface area contributed by atoms with Gasteiger partial charge in [-0.1, -0.05) is 61.7 Å². The number of carbonyl (C=O) groups is 2. The van der Waals surface area contributed by atoms with Gasteiger partial charge in [0, 0.05) is 25.6 Å². The molecule has 2 aromatic carbocycles. The van der Waals surface area contributed by atoms with Crippen LogP contribution in [0.25, 0.3) is 0 Å². The first kappa shape index (κ1) is 28.7. The Hall–Kier alpha value is -2.87. The third kappa shape index (κ3) is 8.32. The van der Waals surface area contributed by atoms with Gasteiger partial charge in [-0.05, 0) is 62.8 Å². The molecule has 1 fully saturated rings. The van der Waals surface area contributed by atoms with E-state index in [2.05, 4.69) is 5.32 Å². The summed E-state index contributed by atoms with van der Waals surface area (Å²) in [7, 11) is -3.51. The van der Waals surface area contributed by atoms with Gasteiger partial charge in [0.1, 0.15) is 6.04 Å². The fraction of sp³-hybridized carbons (Fsp3) is 0.517. The van der Waals surface area contributed by atoms with E-state index in [1.807, 2.05) is 50.2 Å². The molecule has 1 saturated carbocycles. The zero-order valence-corrected chi connectivity index (χ0v) is 23.4. The molecule has 0 bridgehead atoms. The summed E-state index contributed by atoms with van der Waals surface area (Å²) < 4.78 is 26.4. The lowest BCUT2D eigenvalue weighted by molar-refractivity contribution is -0.141. The third-order valence-corrected chi connectivity index (χ3v) is 8.32. The Balaban J connectivity index is 1.70. The summed E-state index contributed by atoms with van der Waals surface area (Å²) >= 11 is 0. The maximum atomic E-state index is 13.4. The van der Waals surface area contributed by atoms with Gasteiger partial charge in [-0.25, -0.2) is 8.42 Å². The molecule has 0 spiro atoms. The van der Waals surface area contributed by atoms with Crippen LogP contribution in [0.5, 0.6) is 0 Å². The minimum Gasteiger partial charge on any atom is -0.352 e. The summed E-state index contributed by atoms with van der Waals surface area (Å²) in [5, 5.41) is 3.11. The molecule has 1 aliphatic carbocycles. The maximum Gasteiger partial charge on any atom is 0.242 e. The lowest BCUT2D eigenvalue weighted by Gasteiger charge is -2.30. The number of anilines is 1. The first-order valence-corrected chi connectivity index (χ1v) is 15.2. The highest BCUT2D eigenvalue weighted by molar-refractivity contribution is 7.92. The number of benzene rings is 2. The lowest BCUT2D eigenvalue weighted by Crippen LogP contribution is -2.49. The largest absolute Gasteiger partial charge is 0.352 e. The van der Waals surface area contributed by atoms with Crippen LogP contribution in [-0.4, -0.2) is 50.0 Å². The molecule has 2 amide bonds. The highest BCUT2D eigenvalue weighted by Crippen LogP contribution is 2.21. The van der Waals surface area contributed by atoms with E-state index in [1.165, 1.54) is 10.6 Å². The first-order valence-electron chi connectivity index (χ1n) is 13.3. The van der Waals surface area contributed by atoms with E-state index in [0.717, 1.165) is 48.8 Å². The molecule has 0 heterocycles. The second-order valence-electron chi connectivity index (χ2n) is 10.1. The number of carbonyl (C=O) groups excluding carboxylic acids is 2. The zero-order valence-electron chi connectivity index (χ0n) is 22.6. The Morgan fingerprint density at radius 3 is 2.16 bits per heavy atom. The van der Waals surface area contributed by atoms with E-state index in [0.29, 0.717) is 18.7 Å². The molecule has 0 aliphatic heterocycles. The Kier molecular flexibility index (Phi) is 10.1. The van der Waals surface area contributed by atoms with Crippen molar-refractivity contribution in [3.8, 4) is 0 Å². The highest BCUT2D eigenvalue weighted by Gasteiger charge is 2.28. The molecule has 0 unspecified atom stereocenters. The van der Waals surface area contributed by atoms with Gasteiger partial charge in [0.05, 0.1) is 11.9 Å². The lowest BCUT2D eigenvalue weighted by atomic mass is 10.1. The Bertz CT molecular complexity index is 1140. The molecule has 0 aromatic heterocycles. The first-order chi connectivity index (χ1) is 17.6. The number of rotatable bonds is 12. The van der Waals surface area contributed by atoms with E-state index < -0.39 is 16.1 Å². The van der Waals surface area contributed by atoms with Crippen LogP contribution in [-0.2, 0) is 32.6 Å². The number of hydrogen-bond donors (Lipinski definition) is 1. The minimum absolute atomic E-state index is 0.138. The van der Waals surface area contributed by atoms with Gasteiger partial charge in [-0.15, -0.1) is 0 Å². The summed E-state index contributed by atoms with van der Waals surface area (Å²) in [6.45, 7) is 6.35. The van der Waals surface area contributed by atoms with Crippen LogP contribution in [0.3, 0.4) is 0 Å². The topological polar surface area (TPSA) is 86.8 Å². The fourth-order valence-corrected chi connectivity index (χ4v) is 5.73. The molecule has 0 saturated heterocycles. The summed E-state index contributed by atoms with van der Waals surface area (Å²) in [5.41, 5.74) is 3.80. The number of sulfonamides is 1. The van der Waals surface area contributed by atoms with Crippen LogP contribution >= 0.6 is 0 Å². The molecule has 3 rings (SSSR count).